The number of ether oxygens (including phenoxy) is 2. The first kappa shape index (κ1) is 27.6. The van der Waals surface area contributed by atoms with Crippen molar-refractivity contribution in [2.24, 2.45) is 41.4 Å². The summed E-state index contributed by atoms with van der Waals surface area (Å²) in [4.78, 5) is 0. The van der Waals surface area contributed by atoms with E-state index in [1.54, 1.807) is 6.42 Å². The highest BCUT2D eigenvalue weighted by Crippen LogP contribution is 2.50. The molecule has 202 valence electrons. The van der Waals surface area contributed by atoms with Crippen molar-refractivity contribution in [3.05, 3.63) is 12.2 Å². The maximum absolute atomic E-state index is 6.15. The summed E-state index contributed by atoms with van der Waals surface area (Å²) in [7, 11) is 2.03. The van der Waals surface area contributed by atoms with E-state index in [1.165, 1.54) is 83.5 Å². The van der Waals surface area contributed by atoms with Crippen LogP contribution in [0.3, 0.4) is 0 Å². The maximum atomic E-state index is 6.15. The van der Waals surface area contributed by atoms with Crippen molar-refractivity contribution in [1.29, 1.82) is 0 Å². The predicted octanol–water partition coefficient (Wildman–Crippen LogP) is 7.79. The molecule has 4 aliphatic rings. The summed E-state index contributed by atoms with van der Waals surface area (Å²) < 4.78 is 12.1. The Bertz CT molecular complexity index is 590. The highest BCUT2D eigenvalue weighted by atomic mass is 16.5. The fourth-order valence-electron chi connectivity index (χ4n) is 8.45. The van der Waals surface area contributed by atoms with Gasteiger partial charge in [-0.2, -0.15) is 0 Å². The summed E-state index contributed by atoms with van der Waals surface area (Å²) in [6.45, 7) is 6.02. The molecule has 4 saturated carbocycles. The van der Waals surface area contributed by atoms with Gasteiger partial charge < -0.3 is 14.8 Å². The molecule has 0 spiro atoms. The summed E-state index contributed by atoms with van der Waals surface area (Å²) >= 11 is 0. The van der Waals surface area contributed by atoms with Crippen molar-refractivity contribution in [3.8, 4) is 0 Å². The van der Waals surface area contributed by atoms with E-state index in [0.717, 1.165) is 80.6 Å². The van der Waals surface area contributed by atoms with Crippen molar-refractivity contribution in [2.75, 3.05) is 33.4 Å². The summed E-state index contributed by atoms with van der Waals surface area (Å²) in [6.07, 6.45) is 27.8. The summed E-state index contributed by atoms with van der Waals surface area (Å²) in [5, 5.41) is 3.22. The second-order valence-corrected chi connectivity index (χ2v) is 12.7. The number of allylic oxidation sites excluding steroid dienone is 1. The van der Waals surface area contributed by atoms with Crippen LogP contribution in [-0.4, -0.2) is 39.5 Å². The van der Waals surface area contributed by atoms with Gasteiger partial charge in [-0.15, -0.1) is 0 Å². The average molecular weight is 488 g/mol. The Morgan fingerprint density at radius 3 is 1.94 bits per heavy atom. The lowest BCUT2D eigenvalue weighted by Gasteiger charge is -2.46. The molecule has 35 heavy (non-hydrogen) atoms. The molecule has 4 aliphatic carbocycles. The molecule has 4 rings (SSSR count). The Kier molecular flexibility index (Phi) is 12.0. The molecule has 3 nitrogen and oxygen atoms in total. The highest BCUT2D eigenvalue weighted by molar-refractivity contribution is 4.91. The number of rotatable bonds is 12. The van der Waals surface area contributed by atoms with Gasteiger partial charge in [-0.05, 0) is 158 Å². The molecule has 4 unspecified atom stereocenters. The Morgan fingerprint density at radius 2 is 1.26 bits per heavy atom. The van der Waals surface area contributed by atoms with Crippen LogP contribution in [0.1, 0.15) is 110 Å². The van der Waals surface area contributed by atoms with Crippen LogP contribution in [0.2, 0.25) is 0 Å². The summed E-state index contributed by atoms with van der Waals surface area (Å²) in [5.41, 5.74) is 0. The first-order valence-corrected chi connectivity index (χ1v) is 15.8. The molecule has 0 aliphatic heterocycles. The number of hydrogen-bond donors (Lipinski definition) is 1. The molecule has 0 aromatic rings. The van der Waals surface area contributed by atoms with Gasteiger partial charge in [0.2, 0.25) is 0 Å². The van der Waals surface area contributed by atoms with E-state index in [-0.39, 0.29) is 0 Å². The molecule has 4 atom stereocenters. The minimum absolute atomic E-state index is 0.550. The zero-order valence-corrected chi connectivity index (χ0v) is 23.2. The molecule has 0 amide bonds. The van der Waals surface area contributed by atoms with Crippen LogP contribution < -0.4 is 5.32 Å². The quantitative estimate of drug-likeness (QED) is 0.225. The number of hydrogen-bond acceptors (Lipinski definition) is 3. The molecular formula is C32H57NO2. The zero-order chi connectivity index (χ0) is 24.3. The van der Waals surface area contributed by atoms with Crippen molar-refractivity contribution in [2.45, 2.75) is 116 Å². The van der Waals surface area contributed by atoms with Gasteiger partial charge in [0.05, 0.1) is 12.7 Å². The van der Waals surface area contributed by atoms with Gasteiger partial charge in [0.1, 0.15) is 0 Å². The molecule has 0 saturated heterocycles. The van der Waals surface area contributed by atoms with Crippen LogP contribution in [0.4, 0.5) is 0 Å². The molecule has 0 bridgehead atoms. The third kappa shape index (κ3) is 8.57. The van der Waals surface area contributed by atoms with E-state index in [4.69, 9.17) is 9.47 Å². The second kappa shape index (κ2) is 15.1. The van der Waals surface area contributed by atoms with Gasteiger partial charge >= 0.3 is 0 Å². The van der Waals surface area contributed by atoms with E-state index in [0.29, 0.717) is 6.10 Å². The van der Waals surface area contributed by atoms with Gasteiger partial charge in [0.25, 0.3) is 0 Å². The monoisotopic (exact) mass is 487 g/mol. The third-order valence-electron chi connectivity index (χ3n) is 10.5. The smallest absolute Gasteiger partial charge is 0.0647 e. The largest absolute Gasteiger partial charge is 0.378 e. The Balaban J connectivity index is 1.10. The average Bonchev–Trinajstić information content (AvgIpc) is 2.91. The Hall–Kier alpha value is -0.380. The van der Waals surface area contributed by atoms with Gasteiger partial charge in [-0.25, -0.2) is 0 Å². The van der Waals surface area contributed by atoms with Crippen LogP contribution in [0, 0.1) is 41.4 Å². The predicted molar refractivity (Wildman–Crippen MR) is 148 cm³/mol. The summed E-state index contributed by atoms with van der Waals surface area (Å²) in [5.74, 6) is 6.98. The van der Waals surface area contributed by atoms with Crippen LogP contribution in [0.25, 0.3) is 0 Å². The highest BCUT2D eigenvalue weighted by Gasteiger charge is 2.39. The van der Waals surface area contributed by atoms with Crippen LogP contribution in [0.15, 0.2) is 12.2 Å². The van der Waals surface area contributed by atoms with Gasteiger partial charge in [-0.1, -0.05) is 19.1 Å². The van der Waals surface area contributed by atoms with Crippen LogP contribution >= 0.6 is 0 Å². The van der Waals surface area contributed by atoms with Gasteiger partial charge in [-0.3, -0.25) is 0 Å². The van der Waals surface area contributed by atoms with E-state index in [1.807, 2.05) is 7.05 Å². The Morgan fingerprint density at radius 1 is 0.686 bits per heavy atom. The third-order valence-corrected chi connectivity index (χ3v) is 10.5. The molecule has 0 aromatic heterocycles. The van der Waals surface area contributed by atoms with Crippen molar-refractivity contribution >= 4 is 0 Å². The summed E-state index contributed by atoms with van der Waals surface area (Å²) in [6, 6.07) is 0. The molecular weight excluding hydrogens is 430 g/mol. The fourth-order valence-corrected chi connectivity index (χ4v) is 8.45. The standard InChI is InChI=1S/C32H57NO2/c1-3-4-5-20-34-24-25-7-8-31-23-30(14-13-29(31)22-25)28-11-9-26(10-12-28)27-15-17-32(18-16-27)35-21-6-19-33-2/h4-5,25-33H,3,6-24H2,1-2H3/b5-4-. The van der Waals surface area contributed by atoms with E-state index in [2.05, 4.69) is 24.4 Å². The molecule has 4 fully saturated rings. The van der Waals surface area contributed by atoms with Crippen LogP contribution in [0.5, 0.6) is 0 Å². The zero-order valence-electron chi connectivity index (χ0n) is 23.2. The minimum Gasteiger partial charge on any atom is -0.378 e. The second-order valence-electron chi connectivity index (χ2n) is 12.7. The Labute approximate surface area is 217 Å². The molecule has 1 N–H and O–H groups in total. The van der Waals surface area contributed by atoms with Gasteiger partial charge in [0, 0.05) is 13.2 Å². The lowest BCUT2D eigenvalue weighted by molar-refractivity contribution is 0.00179. The molecule has 0 radical (unpaired) electrons. The van der Waals surface area contributed by atoms with E-state index in [9.17, 15) is 0 Å². The lowest BCUT2D eigenvalue weighted by atomic mass is 9.60. The van der Waals surface area contributed by atoms with Crippen LogP contribution in [-0.2, 0) is 9.47 Å². The van der Waals surface area contributed by atoms with E-state index >= 15 is 0 Å². The lowest BCUT2D eigenvalue weighted by Crippen LogP contribution is -2.36. The molecule has 3 heteroatoms. The first-order valence-electron chi connectivity index (χ1n) is 15.8. The minimum atomic E-state index is 0.550. The maximum Gasteiger partial charge on any atom is 0.0647 e. The fraction of sp³-hybridized carbons (Fsp3) is 0.938. The molecule has 0 aromatic carbocycles. The van der Waals surface area contributed by atoms with Crippen molar-refractivity contribution < 1.29 is 9.47 Å². The van der Waals surface area contributed by atoms with Crippen molar-refractivity contribution in [1.82, 2.24) is 5.32 Å². The topological polar surface area (TPSA) is 30.5 Å². The van der Waals surface area contributed by atoms with Crippen molar-refractivity contribution in [3.63, 3.8) is 0 Å². The van der Waals surface area contributed by atoms with E-state index < -0.39 is 0 Å². The number of fused-ring (bicyclic) bond motifs is 1. The van der Waals surface area contributed by atoms with Gasteiger partial charge in [0.15, 0.2) is 0 Å². The normalized spacial score (nSPS) is 38.5. The first-order chi connectivity index (χ1) is 17.3. The number of nitrogens with one attached hydrogen (secondary N) is 1. The molecule has 0 heterocycles. The SMILES string of the molecule is CC/C=C\COCC1CCC2CC(C3CCC(C4CCC(OCCCNC)CC4)CC3)CCC2C1.